The molecule has 0 bridgehead atoms. The van der Waals surface area contributed by atoms with E-state index in [9.17, 15) is 4.79 Å². The fraction of sp³-hybridized carbons (Fsp3) is 0.714. The van der Waals surface area contributed by atoms with Crippen molar-refractivity contribution in [2.75, 3.05) is 37.6 Å². The van der Waals surface area contributed by atoms with Crippen molar-refractivity contribution in [2.24, 2.45) is 5.92 Å². The van der Waals surface area contributed by atoms with Crippen molar-refractivity contribution in [3.63, 3.8) is 0 Å². The third-order valence-corrected chi connectivity index (χ3v) is 6.10. The van der Waals surface area contributed by atoms with Crippen LogP contribution in [-0.4, -0.2) is 54.6 Å². The molecule has 3 fully saturated rings. The molecule has 1 aromatic rings. The van der Waals surface area contributed by atoms with Crippen LogP contribution in [0.5, 0.6) is 0 Å². The fourth-order valence-corrected chi connectivity index (χ4v) is 4.12. The van der Waals surface area contributed by atoms with E-state index in [4.69, 9.17) is 0 Å². The third kappa shape index (κ3) is 6.23. The zero-order valence-electron chi connectivity index (χ0n) is 16.6. The molecular formula is C21H34Cl2N4O. The highest BCUT2D eigenvalue weighted by atomic mass is 35.5. The van der Waals surface area contributed by atoms with Gasteiger partial charge in [0, 0.05) is 38.4 Å². The summed E-state index contributed by atoms with van der Waals surface area (Å²) >= 11 is 0. The van der Waals surface area contributed by atoms with Gasteiger partial charge in [-0.25, -0.2) is 4.98 Å². The van der Waals surface area contributed by atoms with Crippen LogP contribution in [0.3, 0.4) is 0 Å². The van der Waals surface area contributed by atoms with Gasteiger partial charge in [-0.15, -0.1) is 24.8 Å². The van der Waals surface area contributed by atoms with Crippen molar-refractivity contribution < 1.29 is 4.79 Å². The maximum Gasteiger partial charge on any atom is 0.255 e. The number of hydrogen-bond acceptors (Lipinski definition) is 4. The van der Waals surface area contributed by atoms with Crippen LogP contribution in [0.15, 0.2) is 18.3 Å². The predicted octanol–water partition coefficient (Wildman–Crippen LogP) is 3.91. The van der Waals surface area contributed by atoms with E-state index in [1.54, 1.807) is 6.20 Å². The van der Waals surface area contributed by atoms with Gasteiger partial charge in [0.1, 0.15) is 5.82 Å². The summed E-state index contributed by atoms with van der Waals surface area (Å²) < 4.78 is 0. The highest BCUT2D eigenvalue weighted by Gasteiger charge is 2.26. The molecule has 1 N–H and O–H groups in total. The molecule has 7 heteroatoms. The molecule has 3 heterocycles. The largest absolute Gasteiger partial charge is 0.357 e. The summed E-state index contributed by atoms with van der Waals surface area (Å²) in [6.07, 6.45) is 11.8. The first-order valence-electron chi connectivity index (χ1n) is 10.5. The van der Waals surface area contributed by atoms with E-state index < -0.39 is 0 Å². The number of nitrogens with zero attached hydrogens (tertiary/aromatic N) is 3. The maximum absolute atomic E-state index is 12.8. The Kier molecular flexibility index (Phi) is 9.32. The van der Waals surface area contributed by atoms with Crippen LogP contribution < -0.4 is 10.2 Å². The van der Waals surface area contributed by atoms with E-state index in [2.05, 4.69) is 15.2 Å². The minimum atomic E-state index is 0. The smallest absolute Gasteiger partial charge is 0.255 e. The normalized spacial score (nSPS) is 20.7. The summed E-state index contributed by atoms with van der Waals surface area (Å²) in [5.74, 6) is 2.08. The average Bonchev–Trinajstić information content (AvgIpc) is 3.53. The van der Waals surface area contributed by atoms with Crippen LogP contribution in [0.1, 0.15) is 61.7 Å². The molecule has 0 aromatic carbocycles. The van der Waals surface area contributed by atoms with Crippen molar-refractivity contribution in [1.82, 2.24) is 15.2 Å². The van der Waals surface area contributed by atoms with Gasteiger partial charge in [-0.05, 0) is 63.1 Å². The highest BCUT2D eigenvalue weighted by Crippen LogP contribution is 2.28. The Hall–Kier alpha value is -1.04. The van der Waals surface area contributed by atoms with Gasteiger partial charge in [0.2, 0.25) is 0 Å². The van der Waals surface area contributed by atoms with E-state index in [0.717, 1.165) is 56.3 Å². The summed E-state index contributed by atoms with van der Waals surface area (Å²) in [6, 6.07) is 4.58. The van der Waals surface area contributed by atoms with Gasteiger partial charge in [-0.1, -0.05) is 12.8 Å². The van der Waals surface area contributed by atoms with Crippen LogP contribution in [0.2, 0.25) is 0 Å². The molecule has 158 valence electrons. The molecule has 1 amide bonds. The summed E-state index contributed by atoms with van der Waals surface area (Å²) in [5, 5.41) is 3.68. The number of carbonyl (C=O) groups is 1. The molecular weight excluding hydrogens is 395 g/mol. The van der Waals surface area contributed by atoms with Crippen LogP contribution in [0, 0.1) is 5.92 Å². The third-order valence-electron chi connectivity index (χ3n) is 6.10. The van der Waals surface area contributed by atoms with Gasteiger partial charge in [0.05, 0.1) is 5.56 Å². The molecule has 28 heavy (non-hydrogen) atoms. The molecule has 0 unspecified atom stereocenters. The Morgan fingerprint density at radius 3 is 2.21 bits per heavy atom. The van der Waals surface area contributed by atoms with E-state index in [1.807, 2.05) is 17.0 Å². The van der Waals surface area contributed by atoms with Crippen molar-refractivity contribution in [3.8, 4) is 0 Å². The molecule has 1 aliphatic carbocycles. The topological polar surface area (TPSA) is 48.5 Å². The first kappa shape index (κ1) is 23.2. The molecule has 5 nitrogen and oxygen atoms in total. The Morgan fingerprint density at radius 1 is 0.964 bits per heavy atom. The molecule has 1 aromatic heterocycles. The molecule has 2 aliphatic heterocycles. The standard InChI is InChI=1S/C21H32N4O.2ClH/c26-21(25-13-9-19(10-14-25)22-15-17-5-6-17)18-7-8-20(23-16-18)24-11-3-1-2-4-12-24;;/h7-8,16-17,19,22H,1-6,9-15H2;2*1H. The van der Waals surface area contributed by atoms with E-state index in [-0.39, 0.29) is 30.7 Å². The minimum absolute atomic E-state index is 0. The van der Waals surface area contributed by atoms with E-state index >= 15 is 0 Å². The first-order chi connectivity index (χ1) is 12.8. The lowest BCUT2D eigenvalue weighted by Crippen LogP contribution is -2.45. The van der Waals surface area contributed by atoms with Gasteiger partial charge in [-0.3, -0.25) is 4.79 Å². The lowest BCUT2D eigenvalue weighted by atomic mass is 10.0. The number of pyridine rings is 1. The van der Waals surface area contributed by atoms with Gasteiger partial charge in [0.15, 0.2) is 0 Å². The van der Waals surface area contributed by atoms with Gasteiger partial charge < -0.3 is 15.1 Å². The predicted molar refractivity (Wildman–Crippen MR) is 119 cm³/mol. The quantitative estimate of drug-likeness (QED) is 0.771. The van der Waals surface area contributed by atoms with E-state index in [1.165, 1.54) is 45.1 Å². The summed E-state index contributed by atoms with van der Waals surface area (Å²) in [4.78, 5) is 21.7. The number of likely N-dealkylation sites (tertiary alicyclic amines) is 1. The number of nitrogens with one attached hydrogen (secondary N) is 1. The number of amides is 1. The zero-order chi connectivity index (χ0) is 17.8. The molecule has 0 radical (unpaired) electrons. The lowest BCUT2D eigenvalue weighted by Gasteiger charge is -2.32. The van der Waals surface area contributed by atoms with Crippen molar-refractivity contribution in [3.05, 3.63) is 23.9 Å². The second-order valence-electron chi connectivity index (χ2n) is 8.22. The fourth-order valence-electron chi connectivity index (χ4n) is 4.12. The Balaban J connectivity index is 0.00000140. The number of piperidine rings is 1. The van der Waals surface area contributed by atoms with Gasteiger partial charge >= 0.3 is 0 Å². The molecule has 1 saturated carbocycles. The van der Waals surface area contributed by atoms with Crippen molar-refractivity contribution >= 4 is 36.5 Å². The second-order valence-corrected chi connectivity index (χ2v) is 8.22. The van der Waals surface area contributed by atoms with Crippen LogP contribution >= 0.6 is 24.8 Å². The number of anilines is 1. The number of rotatable bonds is 5. The lowest BCUT2D eigenvalue weighted by molar-refractivity contribution is 0.0704. The zero-order valence-corrected chi connectivity index (χ0v) is 18.3. The number of carbonyl (C=O) groups excluding carboxylic acids is 1. The van der Waals surface area contributed by atoms with Crippen molar-refractivity contribution in [2.45, 2.75) is 57.4 Å². The van der Waals surface area contributed by atoms with Crippen LogP contribution in [0.25, 0.3) is 0 Å². The molecule has 2 saturated heterocycles. The molecule has 4 rings (SSSR count). The number of halogens is 2. The maximum atomic E-state index is 12.8. The summed E-state index contributed by atoms with van der Waals surface area (Å²) in [7, 11) is 0. The van der Waals surface area contributed by atoms with Crippen LogP contribution in [0.4, 0.5) is 5.82 Å². The Labute approximate surface area is 181 Å². The van der Waals surface area contributed by atoms with Crippen LogP contribution in [-0.2, 0) is 0 Å². The highest BCUT2D eigenvalue weighted by molar-refractivity contribution is 5.94. The molecule has 3 aliphatic rings. The van der Waals surface area contributed by atoms with E-state index in [0.29, 0.717) is 6.04 Å². The SMILES string of the molecule is Cl.Cl.O=C(c1ccc(N2CCCCCC2)nc1)N1CCC(NCC2CC2)CC1. The summed E-state index contributed by atoms with van der Waals surface area (Å²) in [6.45, 7) is 5.05. The number of hydrogen-bond donors (Lipinski definition) is 1. The monoisotopic (exact) mass is 428 g/mol. The molecule has 0 atom stereocenters. The Morgan fingerprint density at radius 2 is 1.64 bits per heavy atom. The Bertz CT molecular complexity index is 593. The van der Waals surface area contributed by atoms with Gasteiger partial charge in [0.25, 0.3) is 5.91 Å². The number of aromatic nitrogens is 1. The summed E-state index contributed by atoms with van der Waals surface area (Å²) in [5.41, 5.74) is 0.730. The minimum Gasteiger partial charge on any atom is -0.357 e. The van der Waals surface area contributed by atoms with Crippen molar-refractivity contribution in [1.29, 1.82) is 0 Å². The molecule has 0 spiro atoms. The van der Waals surface area contributed by atoms with Gasteiger partial charge in [-0.2, -0.15) is 0 Å². The average molecular weight is 429 g/mol. The first-order valence-corrected chi connectivity index (χ1v) is 10.5. The second kappa shape index (κ2) is 11.2.